The minimum Gasteiger partial charge on any atom is -0.378 e. The maximum atomic E-state index is 11.6. The van der Waals surface area contributed by atoms with E-state index in [1.54, 1.807) is 12.4 Å². The minimum absolute atomic E-state index is 0.517. The third-order valence-electron chi connectivity index (χ3n) is 5.64. The fourth-order valence-electron chi connectivity index (χ4n) is 4.03. The Kier molecular flexibility index (Phi) is 6.04. The average Bonchev–Trinajstić information content (AvgIpc) is 2.84. The lowest BCUT2D eigenvalue weighted by Gasteiger charge is -2.28. The molecule has 1 saturated heterocycles. The summed E-state index contributed by atoms with van der Waals surface area (Å²) in [6.07, 6.45) is 2.68. The van der Waals surface area contributed by atoms with Crippen LogP contribution in [0.1, 0.15) is 0 Å². The van der Waals surface area contributed by atoms with E-state index in [2.05, 4.69) is 37.0 Å². The van der Waals surface area contributed by atoms with Crippen molar-refractivity contribution in [1.29, 1.82) is 0 Å². The second kappa shape index (κ2) is 9.28. The summed E-state index contributed by atoms with van der Waals surface area (Å²) < 4.78 is 31.2. The molecular formula is C25H25N5O3S. The molecule has 8 nitrogen and oxygen atoms in total. The zero-order valence-corrected chi connectivity index (χ0v) is 19.5. The van der Waals surface area contributed by atoms with E-state index in [-0.39, 0.29) is 0 Å². The number of hydrogen-bond acceptors (Lipinski definition) is 7. The van der Waals surface area contributed by atoms with Crippen molar-refractivity contribution in [1.82, 2.24) is 9.97 Å². The number of sulfonamides is 1. The van der Waals surface area contributed by atoms with Crippen molar-refractivity contribution in [2.24, 2.45) is 0 Å². The number of anilines is 4. The standard InChI is InChI=1S/C25H25N5O3S/c1-34(31,32)29-21-4-2-3-18(15-21)19-5-10-24-23(16-19)25(27-17-26-24)28-20-6-8-22(9-7-20)30-11-13-33-14-12-30/h2-10,15-17,29H,11-14H2,1H3,(H,26,27,28). The number of nitrogens with one attached hydrogen (secondary N) is 2. The molecule has 0 atom stereocenters. The first-order valence-electron chi connectivity index (χ1n) is 11.0. The Morgan fingerprint density at radius 1 is 0.882 bits per heavy atom. The Morgan fingerprint density at radius 3 is 2.41 bits per heavy atom. The maximum absolute atomic E-state index is 11.6. The van der Waals surface area contributed by atoms with Crippen molar-refractivity contribution in [2.45, 2.75) is 0 Å². The fraction of sp³-hybridized carbons (Fsp3) is 0.200. The van der Waals surface area contributed by atoms with E-state index >= 15 is 0 Å². The largest absolute Gasteiger partial charge is 0.378 e. The van der Waals surface area contributed by atoms with E-state index in [0.717, 1.165) is 60.3 Å². The van der Waals surface area contributed by atoms with Crippen molar-refractivity contribution < 1.29 is 13.2 Å². The van der Waals surface area contributed by atoms with Gasteiger partial charge in [-0.3, -0.25) is 4.72 Å². The van der Waals surface area contributed by atoms with Crippen LogP contribution < -0.4 is 14.9 Å². The molecule has 0 unspecified atom stereocenters. The molecule has 1 aliphatic heterocycles. The second-order valence-corrected chi connectivity index (χ2v) is 9.93. The van der Waals surface area contributed by atoms with Gasteiger partial charge in [0, 0.05) is 35.5 Å². The SMILES string of the molecule is CS(=O)(=O)Nc1cccc(-c2ccc3ncnc(Nc4ccc(N5CCOCC5)cc4)c3c2)c1. The van der Waals surface area contributed by atoms with Crippen LogP contribution in [0.25, 0.3) is 22.0 Å². The van der Waals surface area contributed by atoms with E-state index in [4.69, 9.17) is 4.74 Å². The van der Waals surface area contributed by atoms with Crippen molar-refractivity contribution >= 4 is 43.8 Å². The molecular weight excluding hydrogens is 450 g/mol. The van der Waals surface area contributed by atoms with Gasteiger partial charge in [-0.25, -0.2) is 18.4 Å². The van der Waals surface area contributed by atoms with Crippen LogP contribution in [0.15, 0.2) is 73.1 Å². The van der Waals surface area contributed by atoms with E-state index in [1.807, 2.05) is 48.5 Å². The van der Waals surface area contributed by atoms with Crippen LogP contribution in [0, 0.1) is 0 Å². The number of fused-ring (bicyclic) bond motifs is 1. The third-order valence-corrected chi connectivity index (χ3v) is 6.25. The first kappa shape index (κ1) is 22.1. The van der Waals surface area contributed by atoms with E-state index < -0.39 is 10.0 Å². The highest BCUT2D eigenvalue weighted by atomic mass is 32.2. The maximum Gasteiger partial charge on any atom is 0.229 e. The van der Waals surface area contributed by atoms with Crippen molar-refractivity contribution in [3.05, 3.63) is 73.1 Å². The molecule has 9 heteroatoms. The lowest BCUT2D eigenvalue weighted by atomic mass is 10.0. The number of nitrogens with zero attached hydrogens (tertiary/aromatic N) is 3. The monoisotopic (exact) mass is 475 g/mol. The van der Waals surface area contributed by atoms with E-state index in [1.165, 1.54) is 5.69 Å². The van der Waals surface area contributed by atoms with Gasteiger partial charge in [0.2, 0.25) is 10.0 Å². The van der Waals surface area contributed by atoms with Crippen LogP contribution in [-0.4, -0.2) is 50.9 Å². The molecule has 0 saturated carbocycles. The molecule has 0 radical (unpaired) electrons. The average molecular weight is 476 g/mol. The minimum atomic E-state index is -3.35. The number of benzene rings is 3. The fourth-order valence-corrected chi connectivity index (χ4v) is 4.58. The molecule has 1 aliphatic rings. The molecule has 5 rings (SSSR count). The summed E-state index contributed by atoms with van der Waals surface area (Å²) in [5.41, 5.74) is 5.26. The zero-order chi connectivity index (χ0) is 23.5. The predicted octanol–water partition coefficient (Wildman–Crippen LogP) is 4.25. The van der Waals surface area contributed by atoms with E-state index in [9.17, 15) is 8.42 Å². The van der Waals surface area contributed by atoms with Gasteiger partial charge in [0.15, 0.2) is 0 Å². The third kappa shape index (κ3) is 5.11. The Balaban J connectivity index is 1.43. The molecule has 0 aliphatic carbocycles. The van der Waals surface area contributed by atoms with Crippen LogP contribution in [0.4, 0.5) is 22.9 Å². The first-order chi connectivity index (χ1) is 16.4. The molecule has 34 heavy (non-hydrogen) atoms. The lowest BCUT2D eigenvalue weighted by Crippen LogP contribution is -2.36. The Labute approximate surface area is 198 Å². The van der Waals surface area contributed by atoms with Gasteiger partial charge in [-0.15, -0.1) is 0 Å². The van der Waals surface area contributed by atoms with Crippen molar-refractivity contribution in [2.75, 3.05) is 47.5 Å². The number of hydrogen-bond donors (Lipinski definition) is 2. The van der Waals surface area contributed by atoms with Gasteiger partial charge in [0.25, 0.3) is 0 Å². The number of morpholine rings is 1. The van der Waals surface area contributed by atoms with Crippen molar-refractivity contribution in [3.8, 4) is 11.1 Å². The van der Waals surface area contributed by atoms with Crippen LogP contribution in [0.3, 0.4) is 0 Å². The highest BCUT2D eigenvalue weighted by Gasteiger charge is 2.12. The smallest absolute Gasteiger partial charge is 0.229 e. The van der Waals surface area contributed by atoms with Crippen LogP contribution in [0.5, 0.6) is 0 Å². The van der Waals surface area contributed by atoms with Gasteiger partial charge in [0.1, 0.15) is 12.1 Å². The van der Waals surface area contributed by atoms with Crippen LogP contribution in [-0.2, 0) is 14.8 Å². The van der Waals surface area contributed by atoms with Gasteiger partial charge < -0.3 is 15.0 Å². The Hall–Kier alpha value is -3.69. The molecule has 3 aromatic carbocycles. The van der Waals surface area contributed by atoms with Gasteiger partial charge in [0.05, 0.1) is 25.0 Å². The molecule has 0 amide bonds. The zero-order valence-electron chi connectivity index (χ0n) is 18.7. The number of aromatic nitrogens is 2. The highest BCUT2D eigenvalue weighted by Crippen LogP contribution is 2.30. The van der Waals surface area contributed by atoms with Crippen molar-refractivity contribution in [3.63, 3.8) is 0 Å². The second-order valence-electron chi connectivity index (χ2n) is 8.18. The van der Waals surface area contributed by atoms with Crippen LogP contribution in [0.2, 0.25) is 0 Å². The summed E-state index contributed by atoms with van der Waals surface area (Å²) in [6.45, 7) is 3.30. The number of rotatable bonds is 6. The van der Waals surface area contributed by atoms with Gasteiger partial charge in [-0.1, -0.05) is 18.2 Å². The Bertz CT molecular complexity index is 1420. The summed E-state index contributed by atoms with van der Waals surface area (Å²) in [5, 5.41) is 4.29. The van der Waals surface area contributed by atoms with Crippen LogP contribution >= 0.6 is 0 Å². The lowest BCUT2D eigenvalue weighted by molar-refractivity contribution is 0.122. The van der Waals surface area contributed by atoms with Gasteiger partial charge in [-0.2, -0.15) is 0 Å². The molecule has 1 fully saturated rings. The number of ether oxygens (including phenoxy) is 1. The summed E-state index contributed by atoms with van der Waals surface area (Å²) >= 11 is 0. The molecule has 2 N–H and O–H groups in total. The molecule has 4 aromatic rings. The summed E-state index contributed by atoms with van der Waals surface area (Å²) in [7, 11) is -3.35. The quantitative estimate of drug-likeness (QED) is 0.430. The topological polar surface area (TPSA) is 96.5 Å². The molecule has 1 aromatic heterocycles. The normalized spacial score (nSPS) is 14.2. The summed E-state index contributed by atoms with van der Waals surface area (Å²) in [6, 6.07) is 21.5. The molecule has 0 spiro atoms. The summed E-state index contributed by atoms with van der Waals surface area (Å²) in [4.78, 5) is 11.2. The molecule has 174 valence electrons. The van der Waals surface area contributed by atoms with Gasteiger partial charge in [-0.05, 0) is 59.7 Å². The predicted molar refractivity (Wildman–Crippen MR) is 136 cm³/mol. The molecule has 2 heterocycles. The van der Waals surface area contributed by atoms with Gasteiger partial charge >= 0.3 is 0 Å². The summed E-state index contributed by atoms with van der Waals surface area (Å²) in [5.74, 6) is 0.705. The van der Waals surface area contributed by atoms with E-state index in [0.29, 0.717) is 11.5 Å². The first-order valence-corrected chi connectivity index (χ1v) is 12.9. The molecule has 0 bridgehead atoms. The Morgan fingerprint density at radius 2 is 1.65 bits per heavy atom. The highest BCUT2D eigenvalue weighted by molar-refractivity contribution is 7.92.